The normalized spacial score (nSPS) is 17.2. The molecule has 0 saturated carbocycles. The van der Waals surface area contributed by atoms with E-state index < -0.39 is 0 Å². The highest BCUT2D eigenvalue weighted by molar-refractivity contribution is 6.00. The summed E-state index contributed by atoms with van der Waals surface area (Å²) in [5.41, 5.74) is 2.22. The monoisotopic (exact) mass is 326 g/mol. The number of unbranched alkanes of at least 4 members (excludes halogenated alkanes) is 1. The lowest BCUT2D eigenvalue weighted by Gasteiger charge is -2.30. The zero-order valence-corrected chi connectivity index (χ0v) is 14.1. The Morgan fingerprint density at radius 3 is 2.83 bits per heavy atom. The van der Waals surface area contributed by atoms with Crippen LogP contribution in [-0.2, 0) is 16.1 Å². The molecule has 0 bridgehead atoms. The van der Waals surface area contributed by atoms with Crippen LogP contribution in [0.2, 0.25) is 0 Å². The van der Waals surface area contributed by atoms with E-state index in [0.717, 1.165) is 30.3 Å². The SMILES string of the molecule is CCCC#Cc1cccc(C=O)c1CN(C)C1CCC(=O)NC1=O. The van der Waals surface area contributed by atoms with E-state index in [1.165, 1.54) is 0 Å². The maximum absolute atomic E-state index is 12.0. The zero-order chi connectivity index (χ0) is 17.5. The van der Waals surface area contributed by atoms with Crippen molar-refractivity contribution in [1.29, 1.82) is 0 Å². The number of aldehydes is 1. The first kappa shape index (κ1) is 17.9. The Labute approximate surface area is 142 Å². The summed E-state index contributed by atoms with van der Waals surface area (Å²) in [7, 11) is 1.82. The van der Waals surface area contributed by atoms with Crippen molar-refractivity contribution >= 4 is 18.1 Å². The molecule has 1 aliphatic rings. The second-order valence-electron chi connectivity index (χ2n) is 5.92. The molecule has 126 valence electrons. The van der Waals surface area contributed by atoms with Crippen molar-refractivity contribution in [1.82, 2.24) is 10.2 Å². The van der Waals surface area contributed by atoms with Gasteiger partial charge in [-0.15, -0.1) is 0 Å². The van der Waals surface area contributed by atoms with E-state index >= 15 is 0 Å². The van der Waals surface area contributed by atoms with Gasteiger partial charge in [0.15, 0.2) is 0 Å². The van der Waals surface area contributed by atoms with Crippen LogP contribution in [0.4, 0.5) is 0 Å². The van der Waals surface area contributed by atoms with E-state index in [4.69, 9.17) is 0 Å². The van der Waals surface area contributed by atoms with E-state index in [1.807, 2.05) is 24.1 Å². The Hall–Kier alpha value is -2.45. The molecule has 5 heteroatoms. The number of carbonyl (C=O) groups excluding carboxylic acids is 3. The van der Waals surface area contributed by atoms with Crippen LogP contribution in [-0.4, -0.2) is 36.1 Å². The standard InChI is InChI=1S/C19H22N2O3/c1-3-4-5-7-14-8-6-9-15(13-22)16(14)12-21(2)17-10-11-18(23)20-19(17)24/h6,8-9,13,17H,3-4,10-12H2,1-2H3,(H,20,23,24). The van der Waals surface area contributed by atoms with Gasteiger partial charge in [0.05, 0.1) is 6.04 Å². The van der Waals surface area contributed by atoms with E-state index in [9.17, 15) is 14.4 Å². The highest BCUT2D eigenvalue weighted by Gasteiger charge is 2.30. The summed E-state index contributed by atoms with van der Waals surface area (Å²) in [6.45, 7) is 2.49. The average molecular weight is 326 g/mol. The molecule has 1 N–H and O–H groups in total. The Balaban J connectivity index is 2.24. The van der Waals surface area contributed by atoms with Gasteiger partial charge in [0.25, 0.3) is 0 Å². The topological polar surface area (TPSA) is 66.5 Å². The number of rotatable bonds is 5. The Kier molecular flexibility index (Phi) is 6.28. The lowest BCUT2D eigenvalue weighted by molar-refractivity contribution is -0.137. The summed E-state index contributed by atoms with van der Waals surface area (Å²) in [6, 6.07) is 5.09. The smallest absolute Gasteiger partial charge is 0.243 e. The van der Waals surface area contributed by atoms with Crippen LogP contribution >= 0.6 is 0 Å². The molecular formula is C19H22N2O3. The van der Waals surface area contributed by atoms with Gasteiger partial charge in [-0.25, -0.2) is 0 Å². The van der Waals surface area contributed by atoms with Gasteiger partial charge in [-0.1, -0.05) is 30.9 Å². The van der Waals surface area contributed by atoms with Crippen molar-refractivity contribution in [2.24, 2.45) is 0 Å². The average Bonchev–Trinajstić information content (AvgIpc) is 2.56. The zero-order valence-electron chi connectivity index (χ0n) is 14.1. The van der Waals surface area contributed by atoms with Crippen molar-refractivity contribution in [3.63, 3.8) is 0 Å². The lowest BCUT2D eigenvalue weighted by atomic mass is 9.99. The third-order valence-corrected chi connectivity index (χ3v) is 4.09. The maximum Gasteiger partial charge on any atom is 0.243 e. The molecule has 1 unspecified atom stereocenters. The second kappa shape index (κ2) is 8.42. The number of hydrogen-bond donors (Lipinski definition) is 1. The van der Waals surface area contributed by atoms with Gasteiger partial charge >= 0.3 is 0 Å². The number of benzene rings is 1. The number of nitrogens with zero attached hydrogens (tertiary/aromatic N) is 1. The van der Waals surface area contributed by atoms with Crippen LogP contribution in [0.3, 0.4) is 0 Å². The van der Waals surface area contributed by atoms with Gasteiger partial charge in [-0.05, 0) is 31.5 Å². The Morgan fingerprint density at radius 1 is 1.38 bits per heavy atom. The number of likely N-dealkylation sites (N-methyl/N-ethyl adjacent to an activating group) is 1. The van der Waals surface area contributed by atoms with Crippen LogP contribution in [0.5, 0.6) is 0 Å². The summed E-state index contributed by atoms with van der Waals surface area (Å²) >= 11 is 0. The molecule has 2 amide bonds. The molecule has 0 aliphatic carbocycles. The van der Waals surface area contributed by atoms with Crippen LogP contribution < -0.4 is 5.32 Å². The fourth-order valence-electron chi connectivity index (χ4n) is 2.75. The number of piperidine rings is 1. The predicted octanol–water partition coefficient (Wildman–Crippen LogP) is 1.89. The number of carbonyl (C=O) groups is 3. The van der Waals surface area contributed by atoms with Gasteiger partial charge in [-0.3, -0.25) is 24.6 Å². The van der Waals surface area contributed by atoms with E-state index in [0.29, 0.717) is 24.9 Å². The molecule has 1 heterocycles. The van der Waals surface area contributed by atoms with E-state index in [1.54, 1.807) is 6.07 Å². The summed E-state index contributed by atoms with van der Waals surface area (Å²) in [4.78, 5) is 36.6. The van der Waals surface area contributed by atoms with Gasteiger partial charge in [-0.2, -0.15) is 0 Å². The molecule has 0 spiro atoms. The van der Waals surface area contributed by atoms with Gasteiger partial charge < -0.3 is 0 Å². The van der Waals surface area contributed by atoms with Crippen molar-refractivity contribution in [3.8, 4) is 11.8 Å². The van der Waals surface area contributed by atoms with Gasteiger partial charge in [0.2, 0.25) is 11.8 Å². The summed E-state index contributed by atoms with van der Waals surface area (Å²) in [5.74, 6) is 5.71. The van der Waals surface area contributed by atoms with Crippen molar-refractivity contribution in [2.45, 2.75) is 45.2 Å². The minimum Gasteiger partial charge on any atom is -0.298 e. The molecule has 1 aromatic rings. The van der Waals surface area contributed by atoms with Crippen LogP contribution in [0.1, 0.15) is 54.1 Å². The maximum atomic E-state index is 12.0. The van der Waals surface area contributed by atoms with Crippen molar-refractivity contribution in [2.75, 3.05) is 7.05 Å². The Morgan fingerprint density at radius 2 is 2.17 bits per heavy atom. The molecule has 1 saturated heterocycles. The first-order chi connectivity index (χ1) is 11.6. The molecule has 1 aromatic carbocycles. The van der Waals surface area contributed by atoms with Crippen molar-refractivity contribution in [3.05, 3.63) is 34.9 Å². The first-order valence-corrected chi connectivity index (χ1v) is 8.16. The summed E-state index contributed by atoms with van der Waals surface area (Å²) < 4.78 is 0. The molecule has 0 radical (unpaired) electrons. The molecule has 1 aliphatic heterocycles. The first-order valence-electron chi connectivity index (χ1n) is 8.16. The van der Waals surface area contributed by atoms with E-state index in [-0.39, 0.29) is 17.9 Å². The molecule has 5 nitrogen and oxygen atoms in total. The largest absolute Gasteiger partial charge is 0.298 e. The van der Waals surface area contributed by atoms with Gasteiger partial charge in [0, 0.05) is 30.5 Å². The number of hydrogen-bond acceptors (Lipinski definition) is 4. The molecular weight excluding hydrogens is 304 g/mol. The summed E-state index contributed by atoms with van der Waals surface area (Å²) in [6.07, 6.45) is 3.42. The number of imide groups is 1. The number of nitrogens with one attached hydrogen (secondary N) is 1. The van der Waals surface area contributed by atoms with Crippen molar-refractivity contribution < 1.29 is 14.4 Å². The third-order valence-electron chi connectivity index (χ3n) is 4.09. The third kappa shape index (κ3) is 4.30. The Bertz CT molecular complexity index is 700. The quantitative estimate of drug-likeness (QED) is 0.510. The van der Waals surface area contributed by atoms with E-state index in [2.05, 4.69) is 24.1 Å². The van der Waals surface area contributed by atoms with Crippen LogP contribution in [0, 0.1) is 11.8 Å². The minimum atomic E-state index is -0.376. The minimum absolute atomic E-state index is 0.232. The molecule has 1 atom stereocenters. The highest BCUT2D eigenvalue weighted by atomic mass is 16.2. The highest BCUT2D eigenvalue weighted by Crippen LogP contribution is 2.19. The molecule has 0 aromatic heterocycles. The fourth-order valence-corrected chi connectivity index (χ4v) is 2.75. The van der Waals surface area contributed by atoms with Crippen LogP contribution in [0.25, 0.3) is 0 Å². The molecule has 24 heavy (non-hydrogen) atoms. The van der Waals surface area contributed by atoms with Gasteiger partial charge in [0.1, 0.15) is 6.29 Å². The number of amides is 2. The second-order valence-corrected chi connectivity index (χ2v) is 5.92. The molecule has 2 rings (SSSR count). The predicted molar refractivity (Wildman–Crippen MR) is 91.3 cm³/mol. The van der Waals surface area contributed by atoms with Crippen LogP contribution in [0.15, 0.2) is 18.2 Å². The lowest BCUT2D eigenvalue weighted by Crippen LogP contribution is -2.51. The molecule has 1 fully saturated rings. The summed E-state index contributed by atoms with van der Waals surface area (Å²) in [5, 5.41) is 2.36. The fraction of sp³-hybridized carbons (Fsp3) is 0.421.